The summed E-state index contributed by atoms with van der Waals surface area (Å²) in [7, 11) is -3.58. The summed E-state index contributed by atoms with van der Waals surface area (Å²) in [5.74, 6) is 0.610. The first-order valence-corrected chi connectivity index (χ1v) is 8.34. The van der Waals surface area contributed by atoms with E-state index in [-0.39, 0.29) is 11.4 Å². The first-order valence-electron chi connectivity index (χ1n) is 6.90. The lowest BCUT2D eigenvalue weighted by molar-refractivity contribution is 0.375. The molecule has 0 radical (unpaired) electrons. The molecule has 5 nitrogen and oxygen atoms in total. The van der Waals surface area contributed by atoms with E-state index in [1.807, 2.05) is 6.92 Å². The number of nitrogens with zero attached hydrogens (tertiary/aromatic N) is 1. The van der Waals surface area contributed by atoms with Crippen LogP contribution < -0.4 is 5.73 Å². The largest absolute Gasteiger partial charge is 0.468 e. The Morgan fingerprint density at radius 1 is 1.24 bits per heavy atom. The van der Waals surface area contributed by atoms with Gasteiger partial charge in [0, 0.05) is 12.2 Å². The van der Waals surface area contributed by atoms with Crippen LogP contribution in [-0.2, 0) is 23.0 Å². The van der Waals surface area contributed by atoms with Crippen LogP contribution in [0.1, 0.15) is 25.2 Å². The lowest BCUT2D eigenvalue weighted by Crippen LogP contribution is -2.30. The van der Waals surface area contributed by atoms with Crippen molar-refractivity contribution in [2.45, 2.75) is 31.7 Å². The van der Waals surface area contributed by atoms with Crippen molar-refractivity contribution in [2.75, 3.05) is 12.3 Å². The summed E-state index contributed by atoms with van der Waals surface area (Å²) in [6, 6.07) is 8.40. The lowest BCUT2D eigenvalue weighted by atomic mass is 10.1. The maximum atomic E-state index is 12.7. The van der Waals surface area contributed by atoms with Crippen molar-refractivity contribution in [3.8, 4) is 0 Å². The van der Waals surface area contributed by atoms with Crippen LogP contribution in [0.4, 0.5) is 5.69 Å². The first kappa shape index (κ1) is 15.6. The predicted octanol–water partition coefficient (Wildman–Crippen LogP) is 2.63. The maximum Gasteiger partial charge on any atom is 0.243 e. The highest BCUT2D eigenvalue weighted by molar-refractivity contribution is 7.89. The number of rotatable bonds is 6. The van der Waals surface area contributed by atoms with Gasteiger partial charge in [0.15, 0.2) is 0 Å². The molecule has 2 N–H and O–H groups in total. The Morgan fingerprint density at radius 2 is 2.00 bits per heavy atom. The molecule has 1 aromatic carbocycles. The molecule has 6 heteroatoms. The Labute approximate surface area is 125 Å². The third-order valence-electron chi connectivity index (χ3n) is 3.40. The molecule has 0 fully saturated rings. The van der Waals surface area contributed by atoms with Gasteiger partial charge in [-0.2, -0.15) is 4.31 Å². The number of furan rings is 1. The number of sulfonamides is 1. The number of nitrogens with two attached hydrogens (primary N) is 1. The van der Waals surface area contributed by atoms with Gasteiger partial charge in [0.25, 0.3) is 0 Å². The fourth-order valence-electron chi connectivity index (χ4n) is 2.15. The summed E-state index contributed by atoms with van der Waals surface area (Å²) >= 11 is 0. The smallest absolute Gasteiger partial charge is 0.243 e. The molecule has 2 rings (SSSR count). The molecule has 1 heterocycles. The van der Waals surface area contributed by atoms with Gasteiger partial charge in [-0.1, -0.05) is 19.9 Å². The highest BCUT2D eigenvalue weighted by Gasteiger charge is 2.24. The average Bonchev–Trinajstić information content (AvgIpc) is 2.97. The minimum atomic E-state index is -3.58. The van der Waals surface area contributed by atoms with Crippen molar-refractivity contribution in [3.63, 3.8) is 0 Å². The SMILES string of the molecule is CCc1ccc(S(=O)(=O)N(CC)Cc2ccco2)cc1N. The van der Waals surface area contributed by atoms with Gasteiger partial charge in [-0.25, -0.2) is 8.42 Å². The minimum absolute atomic E-state index is 0.210. The molecule has 0 aliphatic rings. The molecule has 0 saturated carbocycles. The van der Waals surface area contributed by atoms with Crippen LogP contribution in [0.3, 0.4) is 0 Å². The summed E-state index contributed by atoms with van der Waals surface area (Å²) < 4.78 is 31.9. The lowest BCUT2D eigenvalue weighted by Gasteiger charge is -2.20. The minimum Gasteiger partial charge on any atom is -0.468 e. The molecule has 0 amide bonds. The molecule has 1 aromatic heterocycles. The summed E-state index contributed by atoms with van der Waals surface area (Å²) in [4.78, 5) is 0.214. The number of benzene rings is 1. The summed E-state index contributed by atoms with van der Waals surface area (Å²) in [6.45, 7) is 4.35. The Balaban J connectivity index is 2.32. The van der Waals surface area contributed by atoms with Crippen LogP contribution in [0.2, 0.25) is 0 Å². The molecule has 0 spiro atoms. The fourth-order valence-corrected chi connectivity index (χ4v) is 3.60. The maximum absolute atomic E-state index is 12.7. The van der Waals surface area contributed by atoms with E-state index < -0.39 is 10.0 Å². The normalized spacial score (nSPS) is 12.0. The van der Waals surface area contributed by atoms with Crippen LogP contribution in [0.25, 0.3) is 0 Å². The molecule has 21 heavy (non-hydrogen) atoms. The number of anilines is 1. The van der Waals surface area contributed by atoms with Crippen molar-refractivity contribution in [3.05, 3.63) is 47.9 Å². The number of hydrogen-bond acceptors (Lipinski definition) is 4. The quantitative estimate of drug-likeness (QED) is 0.832. The van der Waals surface area contributed by atoms with Crippen LogP contribution in [0.15, 0.2) is 45.9 Å². The van der Waals surface area contributed by atoms with E-state index in [1.54, 1.807) is 31.2 Å². The van der Waals surface area contributed by atoms with E-state index in [4.69, 9.17) is 10.2 Å². The second kappa shape index (κ2) is 6.32. The molecule has 0 bridgehead atoms. The second-order valence-electron chi connectivity index (χ2n) is 4.72. The summed E-state index contributed by atoms with van der Waals surface area (Å²) in [6.07, 6.45) is 2.31. The van der Waals surface area contributed by atoms with Gasteiger partial charge >= 0.3 is 0 Å². The zero-order chi connectivity index (χ0) is 15.5. The molecule has 0 aliphatic carbocycles. The van der Waals surface area contributed by atoms with E-state index in [1.165, 1.54) is 16.6 Å². The van der Waals surface area contributed by atoms with E-state index in [0.29, 0.717) is 18.0 Å². The molecule has 0 aliphatic heterocycles. The van der Waals surface area contributed by atoms with E-state index in [0.717, 1.165) is 12.0 Å². The van der Waals surface area contributed by atoms with Crippen LogP contribution in [0.5, 0.6) is 0 Å². The number of nitrogen functional groups attached to an aromatic ring is 1. The molecule has 0 unspecified atom stereocenters. The van der Waals surface area contributed by atoms with Gasteiger partial charge in [-0.3, -0.25) is 0 Å². The summed E-state index contributed by atoms with van der Waals surface area (Å²) in [5, 5.41) is 0. The van der Waals surface area contributed by atoms with Gasteiger partial charge in [0.2, 0.25) is 10.0 Å². The number of hydrogen-bond donors (Lipinski definition) is 1. The zero-order valence-electron chi connectivity index (χ0n) is 12.2. The fraction of sp³-hybridized carbons (Fsp3) is 0.333. The van der Waals surface area contributed by atoms with Crippen LogP contribution >= 0.6 is 0 Å². The standard InChI is InChI=1S/C15H20N2O3S/c1-3-12-7-8-14(10-15(12)16)21(18,19)17(4-2)11-13-6-5-9-20-13/h5-10H,3-4,11,16H2,1-2H3. The Hall–Kier alpha value is -1.79. The molecule has 0 atom stereocenters. The monoisotopic (exact) mass is 308 g/mol. The van der Waals surface area contributed by atoms with Gasteiger partial charge < -0.3 is 10.2 Å². The third kappa shape index (κ3) is 3.28. The number of aryl methyl sites for hydroxylation is 1. The van der Waals surface area contributed by atoms with Gasteiger partial charge in [-0.15, -0.1) is 0 Å². The Bertz CT molecular complexity index is 694. The molecule has 0 saturated heterocycles. The second-order valence-corrected chi connectivity index (χ2v) is 6.66. The first-order chi connectivity index (χ1) is 9.98. The van der Waals surface area contributed by atoms with Crippen molar-refractivity contribution >= 4 is 15.7 Å². The van der Waals surface area contributed by atoms with Gasteiger partial charge in [-0.05, 0) is 36.2 Å². The molecular weight excluding hydrogens is 288 g/mol. The van der Waals surface area contributed by atoms with Crippen molar-refractivity contribution in [2.24, 2.45) is 0 Å². The topological polar surface area (TPSA) is 76.5 Å². The Morgan fingerprint density at radius 3 is 2.52 bits per heavy atom. The van der Waals surface area contributed by atoms with Gasteiger partial charge in [0.05, 0.1) is 17.7 Å². The van der Waals surface area contributed by atoms with E-state index >= 15 is 0 Å². The Kier molecular flexibility index (Phi) is 4.69. The molecule has 114 valence electrons. The highest BCUT2D eigenvalue weighted by atomic mass is 32.2. The van der Waals surface area contributed by atoms with Crippen LogP contribution in [0, 0.1) is 0 Å². The summed E-state index contributed by atoms with van der Waals surface area (Å²) in [5.41, 5.74) is 7.36. The predicted molar refractivity (Wildman–Crippen MR) is 82.2 cm³/mol. The van der Waals surface area contributed by atoms with Crippen molar-refractivity contribution in [1.82, 2.24) is 4.31 Å². The molecule has 2 aromatic rings. The average molecular weight is 308 g/mol. The zero-order valence-corrected chi connectivity index (χ0v) is 13.1. The van der Waals surface area contributed by atoms with Crippen LogP contribution in [-0.4, -0.2) is 19.3 Å². The van der Waals surface area contributed by atoms with Gasteiger partial charge in [0.1, 0.15) is 5.76 Å². The molecular formula is C15H20N2O3S. The van der Waals surface area contributed by atoms with E-state index in [2.05, 4.69) is 0 Å². The highest BCUT2D eigenvalue weighted by Crippen LogP contribution is 2.23. The van der Waals surface area contributed by atoms with Crippen molar-refractivity contribution in [1.29, 1.82) is 0 Å². The third-order valence-corrected chi connectivity index (χ3v) is 5.32. The van der Waals surface area contributed by atoms with E-state index in [9.17, 15) is 8.42 Å². The van der Waals surface area contributed by atoms with Crippen molar-refractivity contribution < 1.29 is 12.8 Å².